The third-order valence-electron chi connectivity index (χ3n) is 3.25. The summed E-state index contributed by atoms with van der Waals surface area (Å²) in [5.74, 6) is 5.80. The van der Waals surface area contributed by atoms with E-state index in [4.69, 9.17) is 17.4 Å². The Kier molecular flexibility index (Phi) is 5.06. The van der Waals surface area contributed by atoms with Crippen molar-refractivity contribution in [3.63, 3.8) is 0 Å². The number of rotatable bonds is 4. The summed E-state index contributed by atoms with van der Waals surface area (Å²) < 4.78 is 3.09. The van der Waals surface area contributed by atoms with Gasteiger partial charge in [-0.1, -0.05) is 29.8 Å². The molecule has 4 nitrogen and oxygen atoms in total. The first-order valence-electron chi connectivity index (χ1n) is 6.41. The Morgan fingerprint density at radius 1 is 1.40 bits per heavy atom. The molecule has 1 atom stereocenters. The van der Waals surface area contributed by atoms with Crippen molar-refractivity contribution in [2.45, 2.75) is 32.9 Å². The number of aromatic nitrogens is 2. The number of nitrogens with two attached hydrogens (primary N) is 1. The molecule has 2 rings (SSSR count). The molecule has 0 amide bonds. The van der Waals surface area contributed by atoms with Crippen LogP contribution >= 0.6 is 34.2 Å². The van der Waals surface area contributed by atoms with Crippen molar-refractivity contribution in [3.05, 3.63) is 49.8 Å². The predicted molar refractivity (Wildman–Crippen MR) is 90.7 cm³/mol. The fourth-order valence-corrected chi connectivity index (χ4v) is 3.15. The molecule has 1 aromatic carbocycles. The van der Waals surface area contributed by atoms with E-state index >= 15 is 0 Å². The van der Waals surface area contributed by atoms with Crippen molar-refractivity contribution < 1.29 is 0 Å². The van der Waals surface area contributed by atoms with E-state index in [1.165, 1.54) is 9.13 Å². The molecule has 6 heteroatoms. The van der Waals surface area contributed by atoms with E-state index in [1.807, 2.05) is 10.7 Å². The number of hydrogen-bond donors (Lipinski definition) is 2. The summed E-state index contributed by atoms with van der Waals surface area (Å²) in [6, 6.07) is 6.21. The average Bonchev–Trinajstić information content (AvgIpc) is 2.78. The minimum atomic E-state index is -0.181. The Labute approximate surface area is 137 Å². The molecule has 0 aliphatic carbocycles. The van der Waals surface area contributed by atoms with Crippen molar-refractivity contribution in [2.24, 2.45) is 5.84 Å². The van der Waals surface area contributed by atoms with Crippen molar-refractivity contribution in [3.8, 4) is 0 Å². The Bertz CT molecular complexity index is 609. The standard InChI is InChI=1S/C14H18ClIN4/c1-8(2)20-14(11(15)7-18-20)13(19-17)10-6-4-5-9(3)12(10)16/h4-8,13,19H,17H2,1-3H3. The first-order valence-corrected chi connectivity index (χ1v) is 7.87. The van der Waals surface area contributed by atoms with Crippen molar-refractivity contribution in [1.29, 1.82) is 0 Å². The van der Waals surface area contributed by atoms with Crippen LogP contribution in [-0.2, 0) is 0 Å². The molecule has 0 spiro atoms. The van der Waals surface area contributed by atoms with Crippen LogP contribution in [0.15, 0.2) is 24.4 Å². The lowest BCUT2D eigenvalue weighted by atomic mass is 10.0. The van der Waals surface area contributed by atoms with Gasteiger partial charge < -0.3 is 0 Å². The molecular weight excluding hydrogens is 387 g/mol. The second-order valence-corrected chi connectivity index (χ2v) is 6.48. The number of hydrogen-bond acceptors (Lipinski definition) is 3. The van der Waals surface area contributed by atoms with Gasteiger partial charge in [0.05, 0.1) is 23.0 Å². The topological polar surface area (TPSA) is 55.9 Å². The van der Waals surface area contributed by atoms with Gasteiger partial charge in [-0.2, -0.15) is 5.10 Å². The van der Waals surface area contributed by atoms with Crippen LogP contribution in [0.5, 0.6) is 0 Å². The number of benzene rings is 1. The largest absolute Gasteiger partial charge is 0.271 e. The van der Waals surface area contributed by atoms with Gasteiger partial charge >= 0.3 is 0 Å². The quantitative estimate of drug-likeness (QED) is 0.465. The lowest BCUT2D eigenvalue weighted by Crippen LogP contribution is -2.32. The summed E-state index contributed by atoms with van der Waals surface area (Å²) in [4.78, 5) is 0. The molecule has 1 unspecified atom stereocenters. The summed E-state index contributed by atoms with van der Waals surface area (Å²) in [6.45, 7) is 6.23. The number of hydrazine groups is 1. The minimum Gasteiger partial charge on any atom is -0.271 e. The van der Waals surface area contributed by atoms with Crippen LogP contribution in [0, 0.1) is 10.5 Å². The Balaban J connectivity index is 2.58. The second kappa shape index (κ2) is 6.43. The number of nitrogens with zero attached hydrogens (tertiary/aromatic N) is 2. The maximum Gasteiger partial charge on any atom is 0.0903 e. The minimum absolute atomic E-state index is 0.181. The summed E-state index contributed by atoms with van der Waals surface area (Å²) in [5.41, 5.74) is 6.10. The fourth-order valence-electron chi connectivity index (χ4n) is 2.24. The zero-order valence-electron chi connectivity index (χ0n) is 11.7. The molecule has 1 heterocycles. The van der Waals surface area contributed by atoms with Gasteiger partial charge in [0.2, 0.25) is 0 Å². The highest BCUT2D eigenvalue weighted by Crippen LogP contribution is 2.32. The SMILES string of the molecule is Cc1cccc(C(NN)c2c(Cl)cnn2C(C)C)c1I. The van der Waals surface area contributed by atoms with E-state index in [2.05, 4.69) is 66.0 Å². The summed E-state index contributed by atoms with van der Waals surface area (Å²) >= 11 is 8.66. The third kappa shape index (κ3) is 2.86. The number of halogens is 2. The maximum atomic E-state index is 6.32. The van der Waals surface area contributed by atoms with Crippen molar-refractivity contribution in [2.75, 3.05) is 0 Å². The molecule has 0 bridgehead atoms. The zero-order chi connectivity index (χ0) is 14.9. The molecular formula is C14H18ClIN4. The second-order valence-electron chi connectivity index (χ2n) is 4.99. The van der Waals surface area contributed by atoms with Crippen LogP contribution in [0.25, 0.3) is 0 Å². The monoisotopic (exact) mass is 404 g/mol. The van der Waals surface area contributed by atoms with Crippen LogP contribution in [0.1, 0.15) is 42.8 Å². The van der Waals surface area contributed by atoms with E-state index in [-0.39, 0.29) is 12.1 Å². The zero-order valence-corrected chi connectivity index (χ0v) is 14.6. The average molecular weight is 405 g/mol. The molecule has 2 aromatic rings. The van der Waals surface area contributed by atoms with Crippen LogP contribution in [0.4, 0.5) is 0 Å². The lowest BCUT2D eigenvalue weighted by Gasteiger charge is -2.22. The van der Waals surface area contributed by atoms with E-state index < -0.39 is 0 Å². The van der Waals surface area contributed by atoms with Crippen LogP contribution in [-0.4, -0.2) is 9.78 Å². The smallest absolute Gasteiger partial charge is 0.0903 e. The van der Waals surface area contributed by atoms with E-state index in [0.29, 0.717) is 5.02 Å². The highest BCUT2D eigenvalue weighted by atomic mass is 127. The lowest BCUT2D eigenvalue weighted by molar-refractivity contribution is 0.476. The summed E-state index contributed by atoms with van der Waals surface area (Å²) in [7, 11) is 0. The first-order chi connectivity index (χ1) is 9.47. The van der Waals surface area contributed by atoms with Gasteiger partial charge in [-0.25, -0.2) is 5.43 Å². The molecule has 0 fully saturated rings. The van der Waals surface area contributed by atoms with Gasteiger partial charge in [0.25, 0.3) is 0 Å². The van der Waals surface area contributed by atoms with Gasteiger partial charge in [0.15, 0.2) is 0 Å². The molecule has 0 aliphatic heterocycles. The van der Waals surface area contributed by atoms with Gasteiger partial charge in [-0.15, -0.1) is 0 Å². The maximum absolute atomic E-state index is 6.32. The normalized spacial score (nSPS) is 12.9. The highest BCUT2D eigenvalue weighted by molar-refractivity contribution is 14.1. The van der Waals surface area contributed by atoms with Crippen molar-refractivity contribution >= 4 is 34.2 Å². The van der Waals surface area contributed by atoms with Crippen molar-refractivity contribution in [1.82, 2.24) is 15.2 Å². The Hall–Kier alpha value is -0.630. The van der Waals surface area contributed by atoms with E-state index in [1.54, 1.807) is 6.20 Å². The third-order valence-corrected chi connectivity index (χ3v) is 5.01. The first kappa shape index (κ1) is 15.8. The van der Waals surface area contributed by atoms with E-state index in [9.17, 15) is 0 Å². The molecule has 108 valence electrons. The van der Waals surface area contributed by atoms with Gasteiger partial charge in [0.1, 0.15) is 0 Å². The Morgan fingerprint density at radius 2 is 2.10 bits per heavy atom. The summed E-state index contributed by atoms with van der Waals surface area (Å²) in [6.07, 6.45) is 1.67. The molecule has 0 aliphatic rings. The van der Waals surface area contributed by atoms with Gasteiger partial charge in [0, 0.05) is 9.61 Å². The molecule has 1 aromatic heterocycles. The molecule has 20 heavy (non-hydrogen) atoms. The van der Waals surface area contributed by atoms with Crippen LogP contribution in [0.3, 0.4) is 0 Å². The molecule has 0 radical (unpaired) electrons. The Morgan fingerprint density at radius 3 is 2.70 bits per heavy atom. The van der Waals surface area contributed by atoms with Crippen LogP contribution < -0.4 is 11.3 Å². The fraction of sp³-hybridized carbons (Fsp3) is 0.357. The highest BCUT2D eigenvalue weighted by Gasteiger charge is 2.24. The molecule has 3 N–H and O–H groups in total. The predicted octanol–water partition coefficient (Wildman–Crippen LogP) is 3.58. The van der Waals surface area contributed by atoms with Gasteiger partial charge in [-0.05, 0) is 54.5 Å². The number of aryl methyl sites for hydroxylation is 1. The number of nitrogens with one attached hydrogen (secondary N) is 1. The molecule has 0 saturated carbocycles. The summed E-state index contributed by atoms with van der Waals surface area (Å²) in [5, 5.41) is 4.97. The van der Waals surface area contributed by atoms with E-state index in [0.717, 1.165) is 11.3 Å². The van der Waals surface area contributed by atoms with Crippen LogP contribution in [0.2, 0.25) is 5.02 Å². The molecule has 0 saturated heterocycles. The van der Waals surface area contributed by atoms with Gasteiger partial charge in [-0.3, -0.25) is 10.5 Å².